The van der Waals surface area contributed by atoms with Gasteiger partial charge in [-0.05, 0) is 55.7 Å². The Labute approximate surface area is 183 Å². The highest BCUT2D eigenvalue weighted by Crippen LogP contribution is 2.25. The molecule has 1 aliphatic rings. The van der Waals surface area contributed by atoms with Gasteiger partial charge < -0.3 is 15.4 Å². The maximum Gasteiger partial charge on any atom is 0.129 e. The zero-order chi connectivity index (χ0) is 22.3. The van der Waals surface area contributed by atoms with Gasteiger partial charge in [-0.1, -0.05) is 69.5 Å². The van der Waals surface area contributed by atoms with E-state index in [4.69, 9.17) is 0 Å². The summed E-state index contributed by atoms with van der Waals surface area (Å²) in [5, 5.41) is 7.11. The van der Waals surface area contributed by atoms with E-state index in [9.17, 15) is 4.79 Å². The molecule has 0 aromatic heterocycles. The molecule has 3 nitrogen and oxygen atoms in total. The lowest BCUT2D eigenvalue weighted by Gasteiger charge is -2.31. The van der Waals surface area contributed by atoms with Crippen molar-refractivity contribution in [3.8, 4) is 0 Å². The molecule has 1 aromatic rings. The summed E-state index contributed by atoms with van der Waals surface area (Å²) in [6, 6.07) is 6.65. The van der Waals surface area contributed by atoms with E-state index in [1.807, 2.05) is 6.92 Å². The van der Waals surface area contributed by atoms with Crippen molar-refractivity contribution >= 4 is 11.9 Å². The van der Waals surface area contributed by atoms with Crippen LogP contribution < -0.4 is 10.6 Å². The fourth-order valence-corrected chi connectivity index (χ4v) is 3.95. The predicted octanol–water partition coefficient (Wildman–Crippen LogP) is 5.73. The van der Waals surface area contributed by atoms with Crippen LogP contribution in [-0.2, 0) is 17.6 Å². The molecule has 0 saturated heterocycles. The quantitative estimate of drug-likeness (QED) is 0.435. The minimum Gasteiger partial charge on any atom is -0.381 e. The zero-order valence-corrected chi connectivity index (χ0v) is 19.2. The Morgan fingerprint density at radius 2 is 1.87 bits per heavy atom. The van der Waals surface area contributed by atoms with E-state index in [-0.39, 0.29) is 17.9 Å². The van der Waals surface area contributed by atoms with Crippen molar-refractivity contribution in [2.24, 2.45) is 5.92 Å². The van der Waals surface area contributed by atoms with Crippen molar-refractivity contribution in [2.75, 3.05) is 0 Å². The second-order valence-electron chi connectivity index (χ2n) is 8.89. The number of carbonyl (C=O) groups is 1. The number of ketones is 1. The lowest BCUT2D eigenvalue weighted by molar-refractivity contribution is -0.117. The number of hydrogen-bond donors (Lipinski definition) is 2. The molecule has 162 valence electrons. The van der Waals surface area contributed by atoms with Crippen LogP contribution in [0.2, 0.25) is 0 Å². The predicted molar refractivity (Wildman–Crippen MR) is 129 cm³/mol. The first-order valence-electron chi connectivity index (χ1n) is 11.0. The Kier molecular flexibility index (Phi) is 8.71. The topological polar surface area (TPSA) is 41.1 Å². The lowest BCUT2D eigenvalue weighted by atomic mass is 9.91. The Morgan fingerprint density at radius 1 is 1.13 bits per heavy atom. The van der Waals surface area contributed by atoms with Crippen LogP contribution in [0.5, 0.6) is 0 Å². The third-order valence-corrected chi connectivity index (χ3v) is 5.70. The van der Waals surface area contributed by atoms with Gasteiger partial charge >= 0.3 is 0 Å². The minimum absolute atomic E-state index is 0.0454. The summed E-state index contributed by atoms with van der Waals surface area (Å²) in [6.07, 6.45) is 8.78. The summed E-state index contributed by atoms with van der Waals surface area (Å²) in [5.74, 6) is 0.533. The molecule has 1 unspecified atom stereocenters. The fraction of sp³-hybridized carbons (Fsp3) is 0.444. The van der Waals surface area contributed by atoms with Crippen molar-refractivity contribution in [2.45, 2.75) is 71.9 Å². The molecule has 2 atom stereocenters. The zero-order valence-electron chi connectivity index (χ0n) is 19.2. The number of carbonyl (C=O) groups excluding carboxylic acids is 1. The number of rotatable bonds is 12. The van der Waals surface area contributed by atoms with Crippen LogP contribution in [0.3, 0.4) is 0 Å². The molecule has 2 N–H and O–H groups in total. The van der Waals surface area contributed by atoms with Gasteiger partial charge in [-0.3, -0.25) is 0 Å². The summed E-state index contributed by atoms with van der Waals surface area (Å²) >= 11 is 0. The molecule has 0 heterocycles. The van der Waals surface area contributed by atoms with Crippen molar-refractivity contribution in [3.63, 3.8) is 0 Å². The van der Waals surface area contributed by atoms with Crippen molar-refractivity contribution in [1.29, 1.82) is 0 Å². The molecule has 0 bridgehead atoms. The van der Waals surface area contributed by atoms with E-state index in [1.165, 1.54) is 16.7 Å². The standard InChI is InChI=1S/C27H38N2O/c1-18(2)26(16-15-21(6)30)29-22(7)27(19(3)4)28-20(5)17-24-13-10-12-23-11-8-9-14-25(23)24/h9-10,12-14,19,26-29H,1,5,7-8,11,15-17H2,2-4,6H3/t26?,27-/m0/s1. The summed E-state index contributed by atoms with van der Waals surface area (Å²) in [7, 11) is 0. The number of Topliss-reactive ketones (excluding diaryl/α,β-unsaturated/α-hetero) is 1. The average Bonchev–Trinajstić information content (AvgIpc) is 2.68. The average molecular weight is 407 g/mol. The van der Waals surface area contributed by atoms with E-state index < -0.39 is 0 Å². The summed E-state index contributed by atoms with van der Waals surface area (Å²) < 4.78 is 0. The molecular formula is C27H38N2O. The highest BCUT2D eigenvalue weighted by Gasteiger charge is 2.21. The second kappa shape index (κ2) is 11.0. The van der Waals surface area contributed by atoms with E-state index >= 15 is 0 Å². The molecule has 0 saturated carbocycles. The van der Waals surface area contributed by atoms with Crippen molar-refractivity contribution < 1.29 is 4.79 Å². The largest absolute Gasteiger partial charge is 0.381 e. The summed E-state index contributed by atoms with van der Waals surface area (Å²) in [4.78, 5) is 11.4. The third-order valence-electron chi connectivity index (χ3n) is 5.70. The first-order chi connectivity index (χ1) is 14.2. The Hall–Kier alpha value is -2.55. The van der Waals surface area contributed by atoms with Gasteiger partial charge in [0.25, 0.3) is 0 Å². The van der Waals surface area contributed by atoms with E-state index in [0.717, 1.165) is 42.7 Å². The van der Waals surface area contributed by atoms with Gasteiger partial charge in [0.1, 0.15) is 5.78 Å². The third kappa shape index (κ3) is 6.76. The smallest absolute Gasteiger partial charge is 0.129 e. The van der Waals surface area contributed by atoms with E-state index in [0.29, 0.717) is 12.3 Å². The number of nitrogens with one attached hydrogen (secondary N) is 2. The Balaban J connectivity index is 2.05. The molecule has 3 heteroatoms. The maximum atomic E-state index is 11.4. The first-order valence-corrected chi connectivity index (χ1v) is 11.0. The molecule has 0 amide bonds. The molecule has 0 radical (unpaired) electrons. The SMILES string of the molecule is C=C(Cc1cccc2c1C=CCC2)N[C@H](C(=C)NC(CCC(C)=O)C(=C)C)C(C)C. The van der Waals surface area contributed by atoms with Crippen LogP contribution in [0, 0.1) is 5.92 Å². The Morgan fingerprint density at radius 3 is 2.50 bits per heavy atom. The molecule has 1 aliphatic carbocycles. The summed E-state index contributed by atoms with van der Waals surface area (Å²) in [6.45, 7) is 20.7. The van der Waals surface area contributed by atoms with Gasteiger partial charge in [-0.2, -0.15) is 0 Å². The van der Waals surface area contributed by atoms with E-state index in [2.05, 4.69) is 74.6 Å². The fourth-order valence-electron chi connectivity index (χ4n) is 3.95. The number of aryl methyl sites for hydroxylation is 1. The molecule has 0 fully saturated rings. The van der Waals surface area contributed by atoms with Crippen LogP contribution in [0.15, 0.2) is 61.0 Å². The number of fused-ring (bicyclic) bond motifs is 1. The van der Waals surface area contributed by atoms with Crippen LogP contribution in [0.4, 0.5) is 0 Å². The number of benzene rings is 1. The van der Waals surface area contributed by atoms with Gasteiger partial charge in [-0.15, -0.1) is 0 Å². The normalized spacial score (nSPS) is 14.6. The van der Waals surface area contributed by atoms with Crippen LogP contribution in [0.25, 0.3) is 6.08 Å². The van der Waals surface area contributed by atoms with Crippen molar-refractivity contribution in [1.82, 2.24) is 10.6 Å². The highest BCUT2D eigenvalue weighted by atomic mass is 16.1. The summed E-state index contributed by atoms with van der Waals surface area (Å²) in [5.41, 5.74) is 6.99. The van der Waals surface area contributed by atoms with Crippen LogP contribution >= 0.6 is 0 Å². The monoisotopic (exact) mass is 406 g/mol. The first kappa shape index (κ1) is 23.7. The van der Waals surface area contributed by atoms with Gasteiger partial charge in [0, 0.05) is 30.3 Å². The van der Waals surface area contributed by atoms with Crippen molar-refractivity contribution in [3.05, 3.63) is 77.7 Å². The second-order valence-corrected chi connectivity index (χ2v) is 8.89. The molecule has 2 rings (SSSR count). The lowest BCUT2D eigenvalue weighted by Crippen LogP contribution is -2.43. The van der Waals surface area contributed by atoms with Gasteiger partial charge in [0.05, 0.1) is 6.04 Å². The number of allylic oxidation sites excluding steroid dienone is 2. The van der Waals surface area contributed by atoms with Gasteiger partial charge in [-0.25, -0.2) is 0 Å². The highest BCUT2D eigenvalue weighted by molar-refractivity contribution is 5.75. The van der Waals surface area contributed by atoms with E-state index in [1.54, 1.807) is 6.92 Å². The molecule has 1 aromatic carbocycles. The molecular weight excluding hydrogens is 368 g/mol. The minimum atomic E-state index is 0.0454. The van der Waals surface area contributed by atoms with Crippen LogP contribution in [-0.4, -0.2) is 17.9 Å². The van der Waals surface area contributed by atoms with Gasteiger partial charge in [0.2, 0.25) is 0 Å². The molecule has 30 heavy (non-hydrogen) atoms. The Bertz CT molecular complexity index is 831. The molecule has 0 spiro atoms. The maximum absolute atomic E-state index is 11.4. The number of hydrogen-bond acceptors (Lipinski definition) is 3. The van der Waals surface area contributed by atoms with Gasteiger partial charge in [0.15, 0.2) is 0 Å². The molecule has 0 aliphatic heterocycles. The van der Waals surface area contributed by atoms with Crippen LogP contribution in [0.1, 0.15) is 63.6 Å².